The van der Waals surface area contributed by atoms with Crippen LogP contribution < -0.4 is 0 Å². The Labute approximate surface area is 155 Å². The molecule has 2 heterocycles. The molecule has 0 saturated carbocycles. The lowest BCUT2D eigenvalue weighted by atomic mass is 10.0. The molecular weight excluding hydrogens is 326 g/mol. The molecule has 2 aromatic rings. The number of phenols is 1. The monoisotopic (exact) mass is 353 g/mol. The van der Waals surface area contributed by atoms with Crippen LogP contribution in [0.1, 0.15) is 41.3 Å². The highest BCUT2D eigenvalue weighted by atomic mass is 16.3. The summed E-state index contributed by atoms with van der Waals surface area (Å²) >= 11 is 0. The number of hydrogen-bond donors (Lipinski definition) is 1. The fourth-order valence-electron chi connectivity index (χ4n) is 3.63. The number of phenolic OH excluding ortho intramolecular Hbond substituents is 1. The SMILES string of the molecule is CCN(Cc1ccncc1)C1CCCN(C(=O)c2ccc(O)c(C)c2)C1. The number of aryl methyl sites for hydroxylation is 1. The molecule has 1 aliphatic heterocycles. The van der Waals surface area contributed by atoms with Gasteiger partial charge in [-0.2, -0.15) is 0 Å². The first kappa shape index (κ1) is 18.4. The Hall–Kier alpha value is -2.40. The molecule has 1 saturated heterocycles. The molecule has 5 nitrogen and oxygen atoms in total. The number of aromatic nitrogens is 1. The third-order valence-corrected chi connectivity index (χ3v) is 5.19. The molecule has 26 heavy (non-hydrogen) atoms. The van der Waals surface area contributed by atoms with Gasteiger partial charge in [-0.05, 0) is 67.8 Å². The highest BCUT2D eigenvalue weighted by Gasteiger charge is 2.28. The Morgan fingerprint density at radius 3 is 2.77 bits per heavy atom. The van der Waals surface area contributed by atoms with E-state index in [0.29, 0.717) is 11.6 Å². The van der Waals surface area contributed by atoms with E-state index in [2.05, 4.69) is 16.8 Å². The van der Waals surface area contributed by atoms with E-state index in [9.17, 15) is 9.90 Å². The summed E-state index contributed by atoms with van der Waals surface area (Å²) < 4.78 is 0. The van der Waals surface area contributed by atoms with E-state index in [1.54, 1.807) is 18.2 Å². The van der Waals surface area contributed by atoms with E-state index in [-0.39, 0.29) is 11.7 Å². The standard InChI is InChI=1S/C21H27N3O2/c1-3-23(14-17-8-10-22-11-9-17)19-5-4-12-24(15-19)21(26)18-6-7-20(25)16(2)13-18/h6-11,13,19,25H,3-5,12,14-15H2,1-2H3. The first-order valence-corrected chi connectivity index (χ1v) is 9.30. The molecule has 0 aliphatic carbocycles. The Balaban J connectivity index is 1.69. The van der Waals surface area contributed by atoms with Crippen molar-refractivity contribution in [1.29, 1.82) is 0 Å². The molecule has 0 radical (unpaired) electrons. The average Bonchev–Trinajstić information content (AvgIpc) is 2.68. The predicted molar refractivity (Wildman–Crippen MR) is 102 cm³/mol. The lowest BCUT2D eigenvalue weighted by molar-refractivity contribution is 0.0569. The molecule has 1 fully saturated rings. The predicted octanol–water partition coefficient (Wildman–Crippen LogP) is 3.22. The fourth-order valence-corrected chi connectivity index (χ4v) is 3.63. The summed E-state index contributed by atoms with van der Waals surface area (Å²) in [6, 6.07) is 9.55. The number of carbonyl (C=O) groups excluding carboxylic acids is 1. The molecule has 1 aromatic heterocycles. The second-order valence-electron chi connectivity index (χ2n) is 6.97. The van der Waals surface area contributed by atoms with E-state index in [4.69, 9.17) is 0 Å². The number of hydrogen-bond acceptors (Lipinski definition) is 4. The van der Waals surface area contributed by atoms with E-state index >= 15 is 0 Å². The maximum absolute atomic E-state index is 12.9. The van der Waals surface area contributed by atoms with Gasteiger partial charge in [-0.25, -0.2) is 0 Å². The molecule has 1 aromatic carbocycles. The lowest BCUT2D eigenvalue weighted by Gasteiger charge is -2.39. The zero-order chi connectivity index (χ0) is 18.5. The van der Waals surface area contributed by atoms with Crippen molar-refractivity contribution in [2.75, 3.05) is 19.6 Å². The molecule has 1 aliphatic rings. The first-order chi connectivity index (χ1) is 12.6. The minimum Gasteiger partial charge on any atom is -0.508 e. The van der Waals surface area contributed by atoms with Gasteiger partial charge >= 0.3 is 0 Å². The molecule has 5 heteroatoms. The van der Waals surface area contributed by atoms with Crippen LogP contribution in [-0.4, -0.2) is 51.5 Å². The average molecular weight is 353 g/mol. The number of likely N-dealkylation sites (tertiary alicyclic amines) is 1. The van der Waals surface area contributed by atoms with Gasteiger partial charge in [0.1, 0.15) is 5.75 Å². The molecule has 0 bridgehead atoms. The van der Waals surface area contributed by atoms with Crippen molar-refractivity contribution in [3.63, 3.8) is 0 Å². The molecule has 1 atom stereocenters. The van der Waals surface area contributed by atoms with Gasteiger partial charge in [0.05, 0.1) is 0 Å². The van der Waals surface area contributed by atoms with Crippen molar-refractivity contribution < 1.29 is 9.90 Å². The van der Waals surface area contributed by atoms with Crippen molar-refractivity contribution in [3.8, 4) is 5.75 Å². The zero-order valence-electron chi connectivity index (χ0n) is 15.6. The molecule has 1 N–H and O–H groups in total. The quantitative estimate of drug-likeness (QED) is 0.897. The number of amides is 1. The number of piperidine rings is 1. The van der Waals surface area contributed by atoms with Crippen LogP contribution in [-0.2, 0) is 6.54 Å². The van der Waals surface area contributed by atoms with Gasteiger partial charge in [0.2, 0.25) is 0 Å². The second kappa shape index (κ2) is 8.32. The highest BCUT2D eigenvalue weighted by molar-refractivity contribution is 5.94. The first-order valence-electron chi connectivity index (χ1n) is 9.30. The number of rotatable bonds is 5. The lowest BCUT2D eigenvalue weighted by Crippen LogP contribution is -2.49. The molecule has 1 unspecified atom stereocenters. The van der Waals surface area contributed by atoms with Crippen LogP contribution in [0.25, 0.3) is 0 Å². The summed E-state index contributed by atoms with van der Waals surface area (Å²) in [4.78, 5) is 21.4. The molecular formula is C21H27N3O2. The van der Waals surface area contributed by atoms with Crippen LogP contribution in [0.2, 0.25) is 0 Å². The largest absolute Gasteiger partial charge is 0.508 e. The van der Waals surface area contributed by atoms with Crippen molar-refractivity contribution in [2.45, 2.75) is 39.3 Å². The van der Waals surface area contributed by atoms with Gasteiger partial charge in [-0.3, -0.25) is 14.7 Å². The second-order valence-corrected chi connectivity index (χ2v) is 6.97. The van der Waals surface area contributed by atoms with E-state index in [1.165, 1.54) is 5.56 Å². The van der Waals surface area contributed by atoms with Gasteiger partial charge < -0.3 is 10.0 Å². The molecule has 1 amide bonds. The molecule has 0 spiro atoms. The van der Waals surface area contributed by atoms with E-state index < -0.39 is 0 Å². The summed E-state index contributed by atoms with van der Waals surface area (Å²) in [7, 11) is 0. The Kier molecular flexibility index (Phi) is 5.89. The minimum atomic E-state index is 0.0535. The van der Waals surface area contributed by atoms with Crippen molar-refractivity contribution >= 4 is 5.91 Å². The highest BCUT2D eigenvalue weighted by Crippen LogP contribution is 2.22. The van der Waals surface area contributed by atoms with Crippen LogP contribution in [0, 0.1) is 6.92 Å². The zero-order valence-corrected chi connectivity index (χ0v) is 15.6. The van der Waals surface area contributed by atoms with Crippen LogP contribution >= 0.6 is 0 Å². The summed E-state index contributed by atoms with van der Waals surface area (Å²) in [6.45, 7) is 7.36. The topological polar surface area (TPSA) is 56.7 Å². The van der Waals surface area contributed by atoms with Crippen molar-refractivity contribution in [3.05, 3.63) is 59.4 Å². The van der Waals surface area contributed by atoms with Gasteiger partial charge in [-0.15, -0.1) is 0 Å². The van der Waals surface area contributed by atoms with Gasteiger partial charge in [0.25, 0.3) is 5.91 Å². The number of aromatic hydroxyl groups is 1. The fraction of sp³-hybridized carbons (Fsp3) is 0.429. The Morgan fingerprint density at radius 2 is 2.08 bits per heavy atom. The smallest absolute Gasteiger partial charge is 0.253 e. The molecule has 138 valence electrons. The van der Waals surface area contributed by atoms with E-state index in [0.717, 1.165) is 44.6 Å². The van der Waals surface area contributed by atoms with Gasteiger partial charge in [0, 0.05) is 43.6 Å². The number of benzene rings is 1. The van der Waals surface area contributed by atoms with Gasteiger partial charge in [0.15, 0.2) is 0 Å². The number of carbonyl (C=O) groups is 1. The summed E-state index contributed by atoms with van der Waals surface area (Å²) in [5, 5.41) is 9.69. The number of likely N-dealkylation sites (N-methyl/N-ethyl adjacent to an activating group) is 1. The summed E-state index contributed by atoms with van der Waals surface area (Å²) in [5.41, 5.74) is 2.63. The van der Waals surface area contributed by atoms with Crippen LogP contribution in [0.5, 0.6) is 5.75 Å². The normalized spacial score (nSPS) is 17.5. The minimum absolute atomic E-state index is 0.0535. The number of nitrogens with zero attached hydrogens (tertiary/aromatic N) is 3. The Morgan fingerprint density at radius 1 is 1.31 bits per heavy atom. The maximum Gasteiger partial charge on any atom is 0.253 e. The van der Waals surface area contributed by atoms with Crippen LogP contribution in [0.15, 0.2) is 42.7 Å². The maximum atomic E-state index is 12.9. The van der Waals surface area contributed by atoms with Crippen molar-refractivity contribution in [1.82, 2.24) is 14.8 Å². The summed E-state index contributed by atoms with van der Waals surface area (Å²) in [6.07, 6.45) is 5.78. The third kappa shape index (κ3) is 4.22. The summed E-state index contributed by atoms with van der Waals surface area (Å²) in [5.74, 6) is 0.283. The van der Waals surface area contributed by atoms with Crippen molar-refractivity contribution in [2.24, 2.45) is 0 Å². The van der Waals surface area contributed by atoms with Crippen LogP contribution in [0.4, 0.5) is 0 Å². The third-order valence-electron chi connectivity index (χ3n) is 5.19. The number of pyridine rings is 1. The molecule has 3 rings (SSSR count). The van der Waals surface area contributed by atoms with E-state index in [1.807, 2.05) is 36.4 Å². The Bertz CT molecular complexity index is 748. The van der Waals surface area contributed by atoms with Crippen LogP contribution in [0.3, 0.4) is 0 Å². The van der Waals surface area contributed by atoms with Gasteiger partial charge in [-0.1, -0.05) is 6.92 Å².